The summed E-state index contributed by atoms with van der Waals surface area (Å²) in [5.41, 5.74) is 6.75. The molecular weight excluding hydrogens is 229 g/mol. The van der Waals surface area contributed by atoms with Crippen molar-refractivity contribution in [3.8, 4) is 16.9 Å². The predicted molar refractivity (Wildman–Crippen MR) is 71.0 cm³/mol. The van der Waals surface area contributed by atoms with Crippen molar-refractivity contribution in [2.45, 2.75) is 6.42 Å². The largest absolute Gasteiger partial charge is 0.493 e. The number of hydrogen-bond acceptors (Lipinski definition) is 2. The van der Waals surface area contributed by atoms with Gasteiger partial charge in [0.1, 0.15) is 11.6 Å². The third-order valence-electron chi connectivity index (χ3n) is 2.66. The third-order valence-corrected chi connectivity index (χ3v) is 2.66. The maximum absolute atomic E-state index is 13.8. The Hall–Kier alpha value is -1.87. The molecule has 0 aliphatic carbocycles. The fraction of sp³-hybridized carbons (Fsp3) is 0.200. The van der Waals surface area contributed by atoms with E-state index in [9.17, 15) is 4.39 Å². The molecule has 2 aromatic rings. The Labute approximate surface area is 106 Å². The molecule has 0 aromatic heterocycles. The molecule has 0 amide bonds. The normalized spacial score (nSPS) is 10.3. The van der Waals surface area contributed by atoms with Crippen LogP contribution in [0.1, 0.15) is 6.42 Å². The van der Waals surface area contributed by atoms with E-state index in [1.165, 1.54) is 6.07 Å². The maximum Gasteiger partial charge on any atom is 0.131 e. The number of ether oxygens (including phenoxy) is 1. The van der Waals surface area contributed by atoms with Gasteiger partial charge < -0.3 is 10.5 Å². The number of hydrogen-bond donors (Lipinski definition) is 1. The molecule has 0 saturated heterocycles. The van der Waals surface area contributed by atoms with E-state index in [2.05, 4.69) is 0 Å². The van der Waals surface area contributed by atoms with E-state index in [4.69, 9.17) is 10.5 Å². The van der Waals surface area contributed by atoms with Crippen LogP contribution in [0.5, 0.6) is 5.75 Å². The van der Waals surface area contributed by atoms with Crippen molar-refractivity contribution in [1.82, 2.24) is 0 Å². The van der Waals surface area contributed by atoms with E-state index < -0.39 is 0 Å². The van der Waals surface area contributed by atoms with E-state index >= 15 is 0 Å². The SMILES string of the molecule is NCCCOc1ccccc1-c1ccccc1F. The number of nitrogens with two attached hydrogens (primary N) is 1. The minimum Gasteiger partial charge on any atom is -0.493 e. The summed E-state index contributed by atoms with van der Waals surface area (Å²) >= 11 is 0. The first-order valence-electron chi connectivity index (χ1n) is 5.99. The molecule has 0 heterocycles. The van der Waals surface area contributed by atoms with E-state index in [0.717, 1.165) is 12.0 Å². The topological polar surface area (TPSA) is 35.2 Å². The lowest BCUT2D eigenvalue weighted by Crippen LogP contribution is -2.06. The summed E-state index contributed by atoms with van der Waals surface area (Å²) in [4.78, 5) is 0. The Balaban J connectivity index is 2.30. The third kappa shape index (κ3) is 2.87. The van der Waals surface area contributed by atoms with E-state index in [-0.39, 0.29) is 5.82 Å². The van der Waals surface area contributed by atoms with E-state index in [1.54, 1.807) is 12.1 Å². The number of para-hydroxylation sites is 1. The molecule has 94 valence electrons. The van der Waals surface area contributed by atoms with Gasteiger partial charge in [-0.1, -0.05) is 36.4 Å². The van der Waals surface area contributed by atoms with Crippen molar-refractivity contribution in [2.24, 2.45) is 5.73 Å². The average molecular weight is 245 g/mol. The summed E-state index contributed by atoms with van der Waals surface area (Å²) in [6.07, 6.45) is 0.783. The first-order valence-corrected chi connectivity index (χ1v) is 5.99. The van der Waals surface area contributed by atoms with Crippen LogP contribution in [0.25, 0.3) is 11.1 Å². The molecule has 0 fully saturated rings. The van der Waals surface area contributed by atoms with Crippen molar-refractivity contribution in [3.05, 3.63) is 54.3 Å². The first kappa shape index (κ1) is 12.6. The molecule has 0 radical (unpaired) electrons. The average Bonchev–Trinajstić information content (AvgIpc) is 2.40. The number of benzene rings is 2. The van der Waals surface area contributed by atoms with Crippen LogP contribution in [0.3, 0.4) is 0 Å². The van der Waals surface area contributed by atoms with Crippen LogP contribution >= 0.6 is 0 Å². The van der Waals surface area contributed by atoms with Crippen molar-refractivity contribution in [3.63, 3.8) is 0 Å². The van der Waals surface area contributed by atoms with Gasteiger partial charge in [-0.05, 0) is 25.1 Å². The van der Waals surface area contributed by atoms with Crippen LogP contribution in [0, 0.1) is 5.82 Å². The summed E-state index contributed by atoms with van der Waals surface area (Å²) in [6, 6.07) is 14.1. The number of rotatable bonds is 5. The van der Waals surface area contributed by atoms with Crippen LogP contribution in [0.4, 0.5) is 4.39 Å². The minimum atomic E-state index is -0.243. The maximum atomic E-state index is 13.8. The standard InChI is InChI=1S/C15H16FNO/c16-14-8-3-1-6-12(14)13-7-2-4-9-15(13)18-11-5-10-17/h1-4,6-9H,5,10-11,17H2. The molecule has 18 heavy (non-hydrogen) atoms. The molecule has 0 spiro atoms. The second kappa shape index (κ2) is 6.17. The molecule has 0 saturated carbocycles. The van der Waals surface area contributed by atoms with Gasteiger partial charge >= 0.3 is 0 Å². The predicted octanol–water partition coefficient (Wildman–Crippen LogP) is 3.22. The summed E-state index contributed by atoms with van der Waals surface area (Å²) in [5.74, 6) is 0.448. The molecule has 2 rings (SSSR count). The Bertz CT molecular complexity index is 513. The van der Waals surface area contributed by atoms with Crippen molar-refractivity contribution in [1.29, 1.82) is 0 Å². The molecule has 0 aliphatic rings. The van der Waals surface area contributed by atoms with E-state index in [1.807, 2.05) is 30.3 Å². The molecule has 2 N–H and O–H groups in total. The lowest BCUT2D eigenvalue weighted by Gasteiger charge is -2.11. The van der Waals surface area contributed by atoms with Gasteiger partial charge in [0, 0.05) is 11.1 Å². The number of halogens is 1. The zero-order chi connectivity index (χ0) is 12.8. The molecular formula is C15H16FNO. The molecule has 2 nitrogen and oxygen atoms in total. The fourth-order valence-electron chi connectivity index (χ4n) is 1.76. The molecule has 0 bridgehead atoms. The molecule has 0 unspecified atom stereocenters. The Morgan fingerprint density at radius 2 is 1.61 bits per heavy atom. The Morgan fingerprint density at radius 1 is 0.944 bits per heavy atom. The van der Waals surface area contributed by atoms with Crippen molar-refractivity contribution >= 4 is 0 Å². The lowest BCUT2D eigenvalue weighted by atomic mass is 10.0. The minimum absolute atomic E-state index is 0.243. The Kier molecular flexibility index (Phi) is 4.31. The van der Waals surface area contributed by atoms with Gasteiger partial charge in [-0.2, -0.15) is 0 Å². The van der Waals surface area contributed by atoms with Crippen LogP contribution < -0.4 is 10.5 Å². The summed E-state index contributed by atoms with van der Waals surface area (Å²) in [6.45, 7) is 1.13. The van der Waals surface area contributed by atoms with Gasteiger partial charge in [0.05, 0.1) is 6.61 Å². The molecule has 0 aliphatic heterocycles. The highest BCUT2D eigenvalue weighted by Crippen LogP contribution is 2.31. The zero-order valence-corrected chi connectivity index (χ0v) is 10.1. The van der Waals surface area contributed by atoms with Gasteiger partial charge in [0.15, 0.2) is 0 Å². The quantitative estimate of drug-likeness (QED) is 0.821. The first-order chi connectivity index (χ1) is 8.83. The van der Waals surface area contributed by atoms with Crippen LogP contribution in [0.2, 0.25) is 0 Å². The highest BCUT2D eigenvalue weighted by atomic mass is 19.1. The molecule has 3 heteroatoms. The van der Waals surface area contributed by atoms with Gasteiger partial charge in [0.2, 0.25) is 0 Å². The summed E-state index contributed by atoms with van der Waals surface area (Å²) in [7, 11) is 0. The van der Waals surface area contributed by atoms with Gasteiger partial charge in [-0.15, -0.1) is 0 Å². The lowest BCUT2D eigenvalue weighted by molar-refractivity contribution is 0.314. The molecule has 0 atom stereocenters. The van der Waals surface area contributed by atoms with Crippen molar-refractivity contribution in [2.75, 3.05) is 13.2 Å². The fourth-order valence-corrected chi connectivity index (χ4v) is 1.76. The highest BCUT2D eigenvalue weighted by Gasteiger charge is 2.09. The second-order valence-electron chi connectivity index (χ2n) is 3.97. The highest BCUT2D eigenvalue weighted by molar-refractivity contribution is 5.70. The van der Waals surface area contributed by atoms with Gasteiger partial charge in [-0.25, -0.2) is 4.39 Å². The van der Waals surface area contributed by atoms with Crippen LogP contribution in [-0.2, 0) is 0 Å². The second-order valence-corrected chi connectivity index (χ2v) is 3.97. The Morgan fingerprint density at radius 3 is 2.33 bits per heavy atom. The summed E-state index contributed by atoms with van der Waals surface area (Å²) in [5, 5.41) is 0. The zero-order valence-electron chi connectivity index (χ0n) is 10.1. The molecule has 2 aromatic carbocycles. The van der Waals surface area contributed by atoms with Gasteiger partial charge in [0.25, 0.3) is 0 Å². The van der Waals surface area contributed by atoms with Crippen LogP contribution in [-0.4, -0.2) is 13.2 Å². The monoisotopic (exact) mass is 245 g/mol. The van der Waals surface area contributed by atoms with E-state index in [0.29, 0.717) is 24.5 Å². The summed E-state index contributed by atoms with van der Waals surface area (Å²) < 4.78 is 19.4. The smallest absolute Gasteiger partial charge is 0.131 e. The van der Waals surface area contributed by atoms with Crippen LogP contribution in [0.15, 0.2) is 48.5 Å². The van der Waals surface area contributed by atoms with Crippen molar-refractivity contribution < 1.29 is 9.13 Å². The van der Waals surface area contributed by atoms with Gasteiger partial charge in [-0.3, -0.25) is 0 Å².